The van der Waals surface area contributed by atoms with Gasteiger partial charge in [0, 0.05) is 0 Å². The number of unbranched alkanes of at least 4 members (excludes halogenated alkanes) is 1. The first-order valence-electron chi connectivity index (χ1n) is 5.23. The zero-order valence-electron chi connectivity index (χ0n) is 7.90. The van der Waals surface area contributed by atoms with Gasteiger partial charge in [-0.3, -0.25) is 0 Å². The molecule has 0 nitrogen and oxygen atoms in total. The van der Waals surface area contributed by atoms with E-state index in [2.05, 4.69) is 13.8 Å². The Morgan fingerprint density at radius 1 is 1.27 bits per heavy atom. The van der Waals surface area contributed by atoms with Gasteiger partial charge in [0.1, 0.15) is 0 Å². The van der Waals surface area contributed by atoms with Crippen LogP contribution >= 0.6 is 0 Å². The van der Waals surface area contributed by atoms with E-state index in [0.717, 1.165) is 17.3 Å². The van der Waals surface area contributed by atoms with Gasteiger partial charge in [-0.25, -0.2) is 0 Å². The van der Waals surface area contributed by atoms with Crippen molar-refractivity contribution in [3.63, 3.8) is 0 Å². The minimum atomic E-state index is 0.809. The van der Waals surface area contributed by atoms with E-state index in [0.29, 0.717) is 0 Å². The maximum Gasteiger partial charge on any atom is -0.0318 e. The summed E-state index contributed by atoms with van der Waals surface area (Å²) < 4.78 is 0. The zero-order valence-corrected chi connectivity index (χ0v) is 7.90. The van der Waals surface area contributed by atoms with E-state index in [1.165, 1.54) is 19.3 Å². The van der Waals surface area contributed by atoms with Crippen molar-refractivity contribution in [2.45, 2.75) is 52.4 Å². The van der Waals surface area contributed by atoms with Crippen LogP contribution in [0.4, 0.5) is 0 Å². The summed E-state index contributed by atoms with van der Waals surface area (Å²) in [6.45, 7) is 4.79. The second-order valence-corrected chi connectivity index (χ2v) is 5.09. The minimum absolute atomic E-state index is 0.809. The lowest BCUT2D eigenvalue weighted by molar-refractivity contribution is 0.162. The van der Waals surface area contributed by atoms with E-state index in [1.807, 2.05) is 0 Å². The molecule has 0 radical (unpaired) electrons. The predicted octanol–water partition coefficient (Wildman–Crippen LogP) is 3.61. The van der Waals surface area contributed by atoms with Gasteiger partial charge in [-0.1, -0.05) is 33.1 Å². The first kappa shape index (κ1) is 7.64. The molecule has 0 heterocycles. The molecule has 0 aromatic carbocycles. The van der Waals surface area contributed by atoms with Crippen molar-refractivity contribution in [3.8, 4) is 0 Å². The standard InChI is InChI=1S/C11H20/c1-3-4-5-9-6-11(2)7-10(9)8-11/h9-10H,3-8H2,1-2H3. The van der Waals surface area contributed by atoms with Gasteiger partial charge in [0.05, 0.1) is 0 Å². The quantitative estimate of drug-likeness (QED) is 0.579. The molecule has 3 aliphatic rings. The Kier molecular flexibility index (Phi) is 1.74. The summed E-state index contributed by atoms with van der Waals surface area (Å²) in [5, 5.41) is 0. The van der Waals surface area contributed by atoms with Gasteiger partial charge in [0.25, 0.3) is 0 Å². The molecule has 3 saturated carbocycles. The smallest absolute Gasteiger partial charge is 0.0318 e. The molecule has 1 atom stereocenters. The van der Waals surface area contributed by atoms with Crippen molar-refractivity contribution in [1.82, 2.24) is 0 Å². The molecule has 0 N–H and O–H groups in total. The van der Waals surface area contributed by atoms with Crippen LogP contribution in [0.3, 0.4) is 0 Å². The molecule has 0 saturated heterocycles. The third-order valence-corrected chi connectivity index (χ3v) is 3.86. The Balaban J connectivity index is 1.81. The maximum atomic E-state index is 2.48. The minimum Gasteiger partial charge on any atom is -0.0654 e. The van der Waals surface area contributed by atoms with Gasteiger partial charge in [-0.05, 0) is 36.5 Å². The largest absolute Gasteiger partial charge is 0.0654 e. The van der Waals surface area contributed by atoms with Crippen molar-refractivity contribution >= 4 is 0 Å². The zero-order chi connectivity index (χ0) is 7.90. The average Bonchev–Trinajstić information content (AvgIpc) is 2.36. The van der Waals surface area contributed by atoms with E-state index in [-0.39, 0.29) is 0 Å². The summed E-state index contributed by atoms with van der Waals surface area (Å²) in [6, 6.07) is 0. The van der Waals surface area contributed by atoms with Gasteiger partial charge in [-0.2, -0.15) is 0 Å². The number of hydrogen-bond acceptors (Lipinski definition) is 0. The first-order chi connectivity index (χ1) is 5.23. The van der Waals surface area contributed by atoms with E-state index in [4.69, 9.17) is 0 Å². The lowest BCUT2D eigenvalue weighted by Gasteiger charge is -2.34. The van der Waals surface area contributed by atoms with Crippen LogP contribution in [-0.2, 0) is 0 Å². The van der Waals surface area contributed by atoms with E-state index < -0.39 is 0 Å². The molecule has 0 heteroatoms. The Morgan fingerprint density at radius 2 is 2.00 bits per heavy atom. The van der Waals surface area contributed by atoms with E-state index >= 15 is 0 Å². The molecule has 1 unspecified atom stereocenters. The Hall–Kier alpha value is 0. The van der Waals surface area contributed by atoms with Crippen LogP contribution in [0.15, 0.2) is 0 Å². The summed E-state index contributed by atoms with van der Waals surface area (Å²) in [7, 11) is 0. The fourth-order valence-electron chi connectivity index (χ4n) is 3.31. The Labute approximate surface area is 70.4 Å². The predicted molar refractivity (Wildman–Crippen MR) is 48.5 cm³/mol. The molecule has 3 fully saturated rings. The topological polar surface area (TPSA) is 0 Å². The van der Waals surface area contributed by atoms with Crippen LogP contribution in [0.25, 0.3) is 0 Å². The Bertz CT molecular complexity index is 142. The molecular weight excluding hydrogens is 132 g/mol. The number of rotatable bonds is 3. The molecule has 0 aliphatic heterocycles. The molecule has 0 amide bonds. The van der Waals surface area contributed by atoms with E-state index in [9.17, 15) is 0 Å². The van der Waals surface area contributed by atoms with Crippen LogP contribution in [-0.4, -0.2) is 0 Å². The van der Waals surface area contributed by atoms with Crippen LogP contribution in [0.5, 0.6) is 0 Å². The maximum absolute atomic E-state index is 2.48. The molecular formula is C11H20. The van der Waals surface area contributed by atoms with Crippen molar-refractivity contribution in [2.24, 2.45) is 17.3 Å². The number of hydrogen-bond donors (Lipinski definition) is 0. The molecule has 0 spiro atoms. The van der Waals surface area contributed by atoms with Crippen molar-refractivity contribution in [3.05, 3.63) is 0 Å². The average molecular weight is 152 g/mol. The monoisotopic (exact) mass is 152 g/mol. The third kappa shape index (κ3) is 1.21. The molecule has 11 heavy (non-hydrogen) atoms. The van der Waals surface area contributed by atoms with Crippen molar-refractivity contribution in [2.75, 3.05) is 0 Å². The van der Waals surface area contributed by atoms with Crippen LogP contribution in [0.1, 0.15) is 52.4 Å². The van der Waals surface area contributed by atoms with Crippen LogP contribution < -0.4 is 0 Å². The van der Waals surface area contributed by atoms with Gasteiger partial charge in [0.15, 0.2) is 0 Å². The molecule has 2 bridgehead atoms. The second kappa shape index (κ2) is 2.50. The molecule has 3 aliphatic carbocycles. The highest BCUT2D eigenvalue weighted by Crippen LogP contribution is 2.62. The fraction of sp³-hybridized carbons (Fsp3) is 1.00. The summed E-state index contributed by atoms with van der Waals surface area (Å²) in [6.07, 6.45) is 9.05. The van der Waals surface area contributed by atoms with Crippen LogP contribution in [0.2, 0.25) is 0 Å². The van der Waals surface area contributed by atoms with Crippen molar-refractivity contribution < 1.29 is 0 Å². The second-order valence-electron chi connectivity index (χ2n) is 5.09. The van der Waals surface area contributed by atoms with Crippen molar-refractivity contribution in [1.29, 1.82) is 0 Å². The van der Waals surface area contributed by atoms with Crippen LogP contribution in [0, 0.1) is 17.3 Å². The Morgan fingerprint density at radius 3 is 2.45 bits per heavy atom. The molecule has 0 aromatic heterocycles. The highest BCUT2D eigenvalue weighted by Gasteiger charge is 2.51. The van der Waals surface area contributed by atoms with Gasteiger partial charge in [0.2, 0.25) is 0 Å². The molecule has 0 aromatic rings. The first-order valence-corrected chi connectivity index (χ1v) is 5.23. The lowest BCUT2D eigenvalue weighted by Crippen LogP contribution is -2.24. The summed E-state index contributed by atoms with van der Waals surface area (Å²) in [5.74, 6) is 2.27. The summed E-state index contributed by atoms with van der Waals surface area (Å²) >= 11 is 0. The van der Waals surface area contributed by atoms with Gasteiger partial charge in [-0.15, -0.1) is 0 Å². The van der Waals surface area contributed by atoms with E-state index in [1.54, 1.807) is 19.3 Å². The fourth-order valence-corrected chi connectivity index (χ4v) is 3.31. The lowest BCUT2D eigenvalue weighted by atomic mass is 9.71. The van der Waals surface area contributed by atoms with Gasteiger partial charge >= 0.3 is 0 Å². The number of fused-ring (bicyclic) bond motifs is 1. The summed E-state index contributed by atoms with van der Waals surface area (Å²) in [4.78, 5) is 0. The summed E-state index contributed by atoms with van der Waals surface area (Å²) in [5.41, 5.74) is 0.809. The normalized spacial score (nSPS) is 47.5. The van der Waals surface area contributed by atoms with Gasteiger partial charge < -0.3 is 0 Å². The SMILES string of the molecule is CCCCC1CC2(C)CC1C2. The molecule has 64 valence electrons. The third-order valence-electron chi connectivity index (χ3n) is 3.86. The molecule has 3 rings (SSSR count). The highest BCUT2D eigenvalue weighted by molar-refractivity contribution is 5.02. The highest BCUT2D eigenvalue weighted by atomic mass is 14.6.